The molecule has 0 bridgehead atoms. The fraction of sp³-hybridized carbons (Fsp3) is 0.130. The highest BCUT2D eigenvalue weighted by Gasteiger charge is 2.27. The molecule has 5 aromatic carbocycles. The van der Waals surface area contributed by atoms with Crippen molar-refractivity contribution < 1.29 is 23.9 Å². The summed E-state index contributed by atoms with van der Waals surface area (Å²) in [5, 5.41) is 10.2. The SMILES string of the molecule is COC(=O)c1c(-c2ccc(C)cc2)csc1NC(=O)C(Sc1cccc(NC(=O)/C(=C\c2ccc(C(C)C)cc2)NC(=O)c2ccccc2)c1)c1ccccc1. The lowest BCUT2D eigenvalue weighted by atomic mass is 10.0. The fourth-order valence-electron chi connectivity index (χ4n) is 5.85. The Balaban J connectivity index is 1.25. The second kappa shape index (κ2) is 18.4. The van der Waals surface area contributed by atoms with E-state index in [0.717, 1.165) is 27.8 Å². The third-order valence-corrected chi connectivity index (χ3v) is 11.1. The number of hydrogen-bond donors (Lipinski definition) is 3. The molecular weight excluding hydrogens is 739 g/mol. The molecule has 8 nitrogen and oxygen atoms in total. The van der Waals surface area contributed by atoms with Gasteiger partial charge >= 0.3 is 5.97 Å². The number of hydrogen-bond acceptors (Lipinski definition) is 7. The van der Waals surface area contributed by atoms with Crippen LogP contribution in [-0.2, 0) is 14.3 Å². The number of rotatable bonds is 13. The molecule has 0 spiro atoms. The zero-order chi connectivity index (χ0) is 39.6. The predicted molar refractivity (Wildman–Crippen MR) is 227 cm³/mol. The minimum absolute atomic E-state index is 0.0677. The Labute approximate surface area is 335 Å². The van der Waals surface area contributed by atoms with E-state index in [4.69, 9.17) is 4.74 Å². The van der Waals surface area contributed by atoms with Gasteiger partial charge in [-0.05, 0) is 71.5 Å². The molecule has 56 heavy (non-hydrogen) atoms. The van der Waals surface area contributed by atoms with Gasteiger partial charge in [-0.1, -0.05) is 123 Å². The Morgan fingerprint density at radius 1 is 0.750 bits per heavy atom. The summed E-state index contributed by atoms with van der Waals surface area (Å²) in [5.74, 6) is -1.48. The Bertz CT molecular complexity index is 2350. The molecule has 6 rings (SSSR count). The van der Waals surface area contributed by atoms with Crippen molar-refractivity contribution in [1.82, 2.24) is 5.32 Å². The van der Waals surface area contributed by atoms with Crippen LogP contribution in [0.1, 0.15) is 68.0 Å². The highest BCUT2D eigenvalue weighted by molar-refractivity contribution is 8.00. The molecule has 0 aliphatic heterocycles. The number of esters is 1. The molecule has 3 amide bonds. The van der Waals surface area contributed by atoms with Gasteiger partial charge < -0.3 is 20.7 Å². The smallest absolute Gasteiger partial charge is 0.341 e. The third-order valence-electron chi connectivity index (χ3n) is 8.91. The van der Waals surface area contributed by atoms with Crippen molar-refractivity contribution in [1.29, 1.82) is 0 Å². The summed E-state index contributed by atoms with van der Waals surface area (Å²) in [6, 6.07) is 40.8. The zero-order valence-electron chi connectivity index (χ0n) is 31.4. The molecule has 0 aliphatic carbocycles. The maximum atomic E-state index is 14.2. The number of nitrogens with one attached hydrogen (secondary N) is 3. The first-order valence-corrected chi connectivity index (χ1v) is 19.7. The monoisotopic (exact) mass is 779 g/mol. The molecular formula is C46H41N3O5S2. The maximum absolute atomic E-state index is 14.2. The van der Waals surface area contributed by atoms with Gasteiger partial charge in [0, 0.05) is 27.1 Å². The molecule has 10 heteroatoms. The average molecular weight is 780 g/mol. The maximum Gasteiger partial charge on any atom is 0.341 e. The van der Waals surface area contributed by atoms with Crippen LogP contribution in [0.4, 0.5) is 10.7 Å². The summed E-state index contributed by atoms with van der Waals surface area (Å²) in [6.07, 6.45) is 1.64. The van der Waals surface area contributed by atoms with E-state index in [1.54, 1.807) is 48.5 Å². The highest BCUT2D eigenvalue weighted by atomic mass is 32.2. The largest absolute Gasteiger partial charge is 0.465 e. The highest BCUT2D eigenvalue weighted by Crippen LogP contribution is 2.40. The minimum atomic E-state index is -0.730. The van der Waals surface area contributed by atoms with Crippen molar-refractivity contribution in [2.75, 3.05) is 17.7 Å². The Morgan fingerprint density at radius 2 is 1.43 bits per heavy atom. The molecule has 0 saturated heterocycles. The fourth-order valence-corrected chi connectivity index (χ4v) is 7.89. The van der Waals surface area contributed by atoms with Crippen molar-refractivity contribution >= 4 is 63.6 Å². The number of thiophene rings is 1. The van der Waals surface area contributed by atoms with Crippen LogP contribution in [0.25, 0.3) is 17.2 Å². The van der Waals surface area contributed by atoms with E-state index in [1.807, 2.05) is 103 Å². The summed E-state index contributed by atoms with van der Waals surface area (Å²) in [5.41, 5.74) is 6.49. The molecule has 1 atom stereocenters. The number of aryl methyl sites for hydroxylation is 1. The van der Waals surface area contributed by atoms with Gasteiger partial charge in [0.05, 0.1) is 7.11 Å². The van der Waals surface area contributed by atoms with Crippen LogP contribution in [0, 0.1) is 6.92 Å². The van der Waals surface area contributed by atoms with E-state index in [2.05, 4.69) is 29.8 Å². The quantitative estimate of drug-likeness (QED) is 0.0611. The lowest BCUT2D eigenvalue weighted by Gasteiger charge is -2.18. The second-order valence-electron chi connectivity index (χ2n) is 13.3. The van der Waals surface area contributed by atoms with Gasteiger partial charge in [0.25, 0.3) is 11.8 Å². The van der Waals surface area contributed by atoms with Gasteiger partial charge in [0.1, 0.15) is 21.5 Å². The van der Waals surface area contributed by atoms with Crippen molar-refractivity contribution in [2.45, 2.75) is 36.8 Å². The van der Waals surface area contributed by atoms with E-state index in [9.17, 15) is 19.2 Å². The third kappa shape index (κ3) is 9.89. The van der Waals surface area contributed by atoms with Gasteiger partial charge in [-0.25, -0.2) is 4.79 Å². The lowest BCUT2D eigenvalue weighted by Crippen LogP contribution is -2.30. The van der Waals surface area contributed by atoms with Crippen molar-refractivity contribution in [3.63, 3.8) is 0 Å². The lowest BCUT2D eigenvalue weighted by molar-refractivity contribution is -0.116. The zero-order valence-corrected chi connectivity index (χ0v) is 33.0. The number of ether oxygens (including phenoxy) is 1. The summed E-state index contributed by atoms with van der Waals surface area (Å²) >= 11 is 2.56. The standard InChI is InChI=1S/C46H41N3O5S2/c1-29(2)32-24-20-31(21-25-32)26-39(48-42(50)35-14-9-6-10-15-35)43(51)47-36-16-11-17-37(27-36)56-41(34-12-7-5-8-13-34)44(52)49-45-40(46(53)54-4)38(28-55-45)33-22-18-30(3)19-23-33/h5-29,41H,1-4H3,(H,47,51)(H,48,50)(H,49,52)/b39-26+. The topological polar surface area (TPSA) is 114 Å². The molecule has 0 radical (unpaired) electrons. The minimum Gasteiger partial charge on any atom is -0.465 e. The second-order valence-corrected chi connectivity index (χ2v) is 15.3. The van der Waals surface area contributed by atoms with Gasteiger partial charge in [0.2, 0.25) is 5.91 Å². The number of methoxy groups -OCH3 is 1. The summed E-state index contributed by atoms with van der Waals surface area (Å²) < 4.78 is 5.14. The van der Waals surface area contributed by atoms with Crippen LogP contribution < -0.4 is 16.0 Å². The van der Waals surface area contributed by atoms with E-state index in [0.29, 0.717) is 32.6 Å². The number of amides is 3. The van der Waals surface area contributed by atoms with Gasteiger partial charge in [-0.15, -0.1) is 23.1 Å². The van der Waals surface area contributed by atoms with E-state index >= 15 is 0 Å². The first-order chi connectivity index (χ1) is 27.1. The van der Waals surface area contributed by atoms with Gasteiger partial charge in [-0.2, -0.15) is 0 Å². The molecule has 1 unspecified atom stereocenters. The van der Waals surface area contributed by atoms with E-state index < -0.39 is 23.0 Å². The number of benzene rings is 5. The summed E-state index contributed by atoms with van der Waals surface area (Å²) in [4.78, 5) is 55.0. The predicted octanol–water partition coefficient (Wildman–Crippen LogP) is 10.5. The van der Waals surface area contributed by atoms with Crippen LogP contribution in [0.3, 0.4) is 0 Å². The first kappa shape index (κ1) is 39.5. The Morgan fingerprint density at radius 3 is 2.09 bits per heavy atom. The van der Waals surface area contributed by atoms with Gasteiger partial charge in [-0.3, -0.25) is 14.4 Å². The van der Waals surface area contributed by atoms with Crippen LogP contribution in [0.5, 0.6) is 0 Å². The van der Waals surface area contributed by atoms with Crippen LogP contribution in [0.2, 0.25) is 0 Å². The van der Waals surface area contributed by atoms with E-state index in [-0.39, 0.29) is 17.2 Å². The van der Waals surface area contributed by atoms with E-state index in [1.165, 1.54) is 30.2 Å². The molecule has 1 aromatic heterocycles. The average Bonchev–Trinajstić information content (AvgIpc) is 3.63. The van der Waals surface area contributed by atoms with Crippen molar-refractivity contribution in [3.05, 3.63) is 178 Å². The molecule has 0 saturated carbocycles. The number of carbonyl (C=O) groups is 4. The molecule has 0 aliphatic rings. The normalized spacial score (nSPS) is 11.8. The molecule has 1 heterocycles. The van der Waals surface area contributed by atoms with Gasteiger partial charge in [0.15, 0.2) is 0 Å². The van der Waals surface area contributed by atoms with Crippen LogP contribution in [0.15, 0.2) is 149 Å². The number of carbonyl (C=O) groups excluding carboxylic acids is 4. The molecule has 3 N–H and O–H groups in total. The van der Waals surface area contributed by atoms with Crippen LogP contribution >= 0.6 is 23.1 Å². The summed E-state index contributed by atoms with van der Waals surface area (Å²) in [7, 11) is 1.32. The summed E-state index contributed by atoms with van der Waals surface area (Å²) in [6.45, 7) is 6.21. The van der Waals surface area contributed by atoms with Crippen molar-refractivity contribution in [2.24, 2.45) is 0 Å². The molecule has 0 fully saturated rings. The van der Waals surface area contributed by atoms with Crippen LogP contribution in [-0.4, -0.2) is 30.8 Å². The van der Waals surface area contributed by atoms with Crippen molar-refractivity contribution in [3.8, 4) is 11.1 Å². The number of anilines is 2. The molecule has 282 valence electrons. The Hall–Kier alpha value is -6.23. The number of thioether (sulfide) groups is 1. The molecule has 6 aromatic rings. The Kier molecular flexibility index (Phi) is 13.0. The first-order valence-electron chi connectivity index (χ1n) is 18.0.